The van der Waals surface area contributed by atoms with Crippen LogP contribution in [0.2, 0.25) is 0 Å². The standard InChI is InChI=1S/C8H16N2O2/c1-6(8(10)12)4-2-3-5-7(9)11/h6H,2-5H2,1H3,(H2,9,11)(H2,10,12). The number of rotatable bonds is 6. The van der Waals surface area contributed by atoms with Crippen LogP contribution in [0.5, 0.6) is 0 Å². The molecule has 0 heterocycles. The Bertz CT molecular complexity index is 168. The number of carbonyl (C=O) groups is 2. The summed E-state index contributed by atoms with van der Waals surface area (Å²) in [4.78, 5) is 20.9. The molecule has 0 rings (SSSR count). The topological polar surface area (TPSA) is 86.2 Å². The molecular formula is C8H16N2O2. The second-order valence-electron chi connectivity index (χ2n) is 3.02. The number of amides is 2. The Morgan fingerprint density at radius 3 is 2.25 bits per heavy atom. The lowest BCUT2D eigenvalue weighted by Gasteiger charge is -2.04. The van der Waals surface area contributed by atoms with E-state index in [0.29, 0.717) is 6.42 Å². The van der Waals surface area contributed by atoms with E-state index in [0.717, 1.165) is 19.3 Å². The van der Waals surface area contributed by atoms with Crippen molar-refractivity contribution in [2.45, 2.75) is 32.6 Å². The van der Waals surface area contributed by atoms with Crippen molar-refractivity contribution in [1.82, 2.24) is 0 Å². The predicted octanol–water partition coefficient (Wildman–Crippen LogP) is 0.153. The quantitative estimate of drug-likeness (QED) is 0.559. The van der Waals surface area contributed by atoms with Crippen LogP contribution >= 0.6 is 0 Å². The summed E-state index contributed by atoms with van der Waals surface area (Å²) in [6.45, 7) is 1.78. The van der Waals surface area contributed by atoms with E-state index in [1.807, 2.05) is 0 Å². The summed E-state index contributed by atoms with van der Waals surface area (Å²) in [7, 11) is 0. The van der Waals surface area contributed by atoms with Crippen molar-refractivity contribution >= 4 is 11.8 Å². The Balaban J connectivity index is 3.31. The summed E-state index contributed by atoms with van der Waals surface area (Å²) in [5, 5.41) is 0. The number of hydrogen-bond donors (Lipinski definition) is 2. The van der Waals surface area contributed by atoms with Crippen molar-refractivity contribution in [2.24, 2.45) is 17.4 Å². The van der Waals surface area contributed by atoms with E-state index in [-0.39, 0.29) is 17.7 Å². The number of primary amides is 2. The van der Waals surface area contributed by atoms with Crippen LogP contribution in [0.1, 0.15) is 32.6 Å². The van der Waals surface area contributed by atoms with E-state index < -0.39 is 0 Å². The van der Waals surface area contributed by atoms with Crippen LogP contribution < -0.4 is 11.5 Å². The van der Waals surface area contributed by atoms with Gasteiger partial charge in [0.15, 0.2) is 0 Å². The first-order valence-corrected chi connectivity index (χ1v) is 4.11. The zero-order valence-electron chi connectivity index (χ0n) is 7.38. The van der Waals surface area contributed by atoms with Gasteiger partial charge in [0.05, 0.1) is 0 Å². The van der Waals surface area contributed by atoms with Gasteiger partial charge in [0.1, 0.15) is 0 Å². The molecule has 0 spiro atoms. The minimum absolute atomic E-state index is 0.0992. The SMILES string of the molecule is CC(CCCCC(N)=O)C(N)=O. The predicted molar refractivity (Wildman–Crippen MR) is 46.0 cm³/mol. The summed E-state index contributed by atoms with van der Waals surface area (Å²) in [6.07, 6.45) is 2.70. The summed E-state index contributed by atoms with van der Waals surface area (Å²) >= 11 is 0. The number of hydrogen-bond acceptors (Lipinski definition) is 2. The molecule has 4 heteroatoms. The third-order valence-electron chi connectivity index (χ3n) is 1.80. The number of carbonyl (C=O) groups excluding carboxylic acids is 2. The maximum absolute atomic E-state index is 10.6. The van der Waals surface area contributed by atoms with Crippen LogP contribution in [0.25, 0.3) is 0 Å². The van der Waals surface area contributed by atoms with Crippen molar-refractivity contribution in [2.75, 3.05) is 0 Å². The Kier molecular flexibility index (Phi) is 5.08. The monoisotopic (exact) mass is 172 g/mol. The van der Waals surface area contributed by atoms with E-state index in [1.165, 1.54) is 0 Å². The third-order valence-corrected chi connectivity index (χ3v) is 1.80. The lowest BCUT2D eigenvalue weighted by molar-refractivity contribution is -0.121. The van der Waals surface area contributed by atoms with Crippen molar-refractivity contribution in [3.05, 3.63) is 0 Å². The molecule has 0 aliphatic heterocycles. The normalized spacial score (nSPS) is 12.4. The van der Waals surface area contributed by atoms with Crippen LogP contribution in [0.4, 0.5) is 0 Å². The molecule has 1 atom stereocenters. The second kappa shape index (κ2) is 5.57. The fourth-order valence-electron chi connectivity index (χ4n) is 0.892. The molecule has 4 nitrogen and oxygen atoms in total. The molecule has 0 aromatic carbocycles. The van der Waals surface area contributed by atoms with Gasteiger partial charge in [-0.15, -0.1) is 0 Å². The lowest BCUT2D eigenvalue weighted by Crippen LogP contribution is -2.20. The van der Waals surface area contributed by atoms with E-state index >= 15 is 0 Å². The van der Waals surface area contributed by atoms with E-state index in [4.69, 9.17) is 11.5 Å². The molecule has 0 bridgehead atoms. The van der Waals surface area contributed by atoms with Crippen LogP contribution in [-0.4, -0.2) is 11.8 Å². The van der Waals surface area contributed by atoms with Gasteiger partial charge in [-0.3, -0.25) is 9.59 Å². The molecule has 0 saturated carbocycles. The smallest absolute Gasteiger partial charge is 0.220 e. The molecule has 0 fully saturated rings. The van der Waals surface area contributed by atoms with Gasteiger partial charge in [-0.05, 0) is 12.8 Å². The second-order valence-corrected chi connectivity index (χ2v) is 3.02. The van der Waals surface area contributed by atoms with Crippen molar-refractivity contribution < 1.29 is 9.59 Å². The molecule has 0 aliphatic rings. The molecule has 0 radical (unpaired) electrons. The van der Waals surface area contributed by atoms with Crippen molar-refractivity contribution in [1.29, 1.82) is 0 Å². The molecule has 1 unspecified atom stereocenters. The van der Waals surface area contributed by atoms with Gasteiger partial charge < -0.3 is 11.5 Å². The van der Waals surface area contributed by atoms with Crippen LogP contribution in [0.15, 0.2) is 0 Å². The average molecular weight is 172 g/mol. The highest BCUT2D eigenvalue weighted by Crippen LogP contribution is 2.07. The van der Waals surface area contributed by atoms with Crippen molar-refractivity contribution in [3.8, 4) is 0 Å². The van der Waals surface area contributed by atoms with E-state index in [9.17, 15) is 9.59 Å². The lowest BCUT2D eigenvalue weighted by atomic mass is 10.0. The van der Waals surface area contributed by atoms with Crippen molar-refractivity contribution in [3.63, 3.8) is 0 Å². The molecule has 0 aromatic rings. The highest BCUT2D eigenvalue weighted by molar-refractivity contribution is 5.76. The Morgan fingerprint density at radius 2 is 1.83 bits per heavy atom. The average Bonchev–Trinajstić information content (AvgIpc) is 1.97. The van der Waals surface area contributed by atoms with Gasteiger partial charge in [-0.2, -0.15) is 0 Å². The Morgan fingerprint density at radius 1 is 1.25 bits per heavy atom. The Labute approximate surface area is 72.3 Å². The minimum atomic E-state index is -0.290. The van der Waals surface area contributed by atoms with Gasteiger partial charge in [0.2, 0.25) is 11.8 Å². The third kappa shape index (κ3) is 5.70. The summed E-state index contributed by atoms with van der Waals surface area (Å²) in [5.41, 5.74) is 9.99. The van der Waals surface area contributed by atoms with Crippen LogP contribution in [0, 0.1) is 5.92 Å². The summed E-state index contributed by atoms with van der Waals surface area (Å²) < 4.78 is 0. The van der Waals surface area contributed by atoms with Gasteiger partial charge in [0, 0.05) is 12.3 Å². The molecule has 0 saturated heterocycles. The maximum atomic E-state index is 10.6. The molecular weight excluding hydrogens is 156 g/mol. The first-order valence-electron chi connectivity index (χ1n) is 4.11. The van der Waals surface area contributed by atoms with Crippen LogP contribution in [0.3, 0.4) is 0 Å². The number of unbranched alkanes of at least 4 members (excludes halogenated alkanes) is 1. The molecule has 0 aliphatic carbocycles. The molecule has 12 heavy (non-hydrogen) atoms. The highest BCUT2D eigenvalue weighted by Gasteiger charge is 2.07. The Hall–Kier alpha value is -1.06. The first-order chi connectivity index (χ1) is 5.54. The first kappa shape index (κ1) is 10.9. The zero-order chi connectivity index (χ0) is 9.56. The van der Waals surface area contributed by atoms with Gasteiger partial charge >= 0.3 is 0 Å². The van der Waals surface area contributed by atoms with E-state index in [2.05, 4.69) is 0 Å². The fraction of sp³-hybridized carbons (Fsp3) is 0.750. The maximum Gasteiger partial charge on any atom is 0.220 e. The minimum Gasteiger partial charge on any atom is -0.370 e. The fourth-order valence-corrected chi connectivity index (χ4v) is 0.892. The summed E-state index contributed by atoms with van der Waals surface area (Å²) in [5.74, 6) is -0.673. The van der Waals surface area contributed by atoms with Crippen LogP contribution in [-0.2, 0) is 9.59 Å². The largest absolute Gasteiger partial charge is 0.370 e. The van der Waals surface area contributed by atoms with Gasteiger partial charge in [-0.25, -0.2) is 0 Å². The molecule has 4 N–H and O–H groups in total. The van der Waals surface area contributed by atoms with E-state index in [1.54, 1.807) is 6.92 Å². The highest BCUT2D eigenvalue weighted by atomic mass is 16.1. The molecule has 70 valence electrons. The summed E-state index contributed by atoms with van der Waals surface area (Å²) in [6, 6.07) is 0. The number of nitrogens with two attached hydrogens (primary N) is 2. The zero-order valence-corrected chi connectivity index (χ0v) is 7.38. The molecule has 2 amide bonds. The van der Waals surface area contributed by atoms with Gasteiger partial charge in [-0.1, -0.05) is 13.3 Å². The molecule has 0 aromatic heterocycles. The van der Waals surface area contributed by atoms with Gasteiger partial charge in [0.25, 0.3) is 0 Å².